The summed E-state index contributed by atoms with van der Waals surface area (Å²) in [6.07, 6.45) is 0. The van der Waals surface area contributed by atoms with E-state index in [0.29, 0.717) is 11.8 Å². The van der Waals surface area contributed by atoms with Gasteiger partial charge < -0.3 is 5.11 Å². The highest BCUT2D eigenvalue weighted by molar-refractivity contribution is 7.18. The number of rotatable bonds is 2. The molecular formula is C7H17OP. The predicted molar refractivity (Wildman–Crippen MR) is 44.3 cm³/mol. The van der Waals surface area contributed by atoms with Crippen molar-refractivity contribution in [2.45, 2.75) is 33.0 Å². The standard InChI is InChI=1S/C7H17OP/c1-5(2)7(8,9)6(3)4/h5-6,8H,9H2,1-4H3. The van der Waals surface area contributed by atoms with E-state index in [9.17, 15) is 5.11 Å². The van der Waals surface area contributed by atoms with Crippen LogP contribution in [0, 0.1) is 11.8 Å². The van der Waals surface area contributed by atoms with E-state index in [1.165, 1.54) is 0 Å². The van der Waals surface area contributed by atoms with Crippen molar-refractivity contribution in [3.8, 4) is 0 Å². The van der Waals surface area contributed by atoms with Crippen LogP contribution in [0.15, 0.2) is 0 Å². The summed E-state index contributed by atoms with van der Waals surface area (Å²) in [7, 11) is 2.50. The molecule has 0 saturated carbocycles. The van der Waals surface area contributed by atoms with Gasteiger partial charge in [-0.2, -0.15) is 0 Å². The maximum Gasteiger partial charge on any atom is 0.0823 e. The lowest BCUT2D eigenvalue weighted by molar-refractivity contribution is 0.0422. The minimum atomic E-state index is -0.583. The van der Waals surface area contributed by atoms with Gasteiger partial charge in [0.2, 0.25) is 0 Å². The summed E-state index contributed by atoms with van der Waals surface area (Å²) in [4.78, 5) is 0. The smallest absolute Gasteiger partial charge is 0.0823 e. The monoisotopic (exact) mass is 148 g/mol. The fraction of sp³-hybridized carbons (Fsp3) is 1.00. The summed E-state index contributed by atoms with van der Waals surface area (Å²) in [5.41, 5.74) is 0. The third-order valence-corrected chi connectivity index (χ3v) is 3.18. The first kappa shape index (κ1) is 9.39. The van der Waals surface area contributed by atoms with Crippen LogP contribution < -0.4 is 0 Å². The summed E-state index contributed by atoms with van der Waals surface area (Å²) in [5.74, 6) is 0.616. The average molecular weight is 148 g/mol. The van der Waals surface area contributed by atoms with Gasteiger partial charge in [-0.25, -0.2) is 0 Å². The van der Waals surface area contributed by atoms with Gasteiger partial charge in [-0.1, -0.05) is 27.7 Å². The third kappa shape index (κ3) is 2.23. The molecule has 2 heteroatoms. The Hall–Kier alpha value is 0.390. The van der Waals surface area contributed by atoms with Crippen LogP contribution in [-0.2, 0) is 0 Å². The number of hydrogen-bond acceptors (Lipinski definition) is 1. The molecule has 56 valence electrons. The van der Waals surface area contributed by atoms with E-state index in [1.807, 2.05) is 27.7 Å². The summed E-state index contributed by atoms with van der Waals surface area (Å²) in [6.45, 7) is 8.08. The van der Waals surface area contributed by atoms with E-state index in [-0.39, 0.29) is 0 Å². The van der Waals surface area contributed by atoms with E-state index in [4.69, 9.17) is 0 Å². The second kappa shape index (κ2) is 2.98. The second-order valence-corrected chi connectivity index (χ2v) is 4.12. The molecule has 9 heavy (non-hydrogen) atoms. The van der Waals surface area contributed by atoms with Crippen LogP contribution in [0.1, 0.15) is 27.7 Å². The van der Waals surface area contributed by atoms with Crippen LogP contribution in [-0.4, -0.2) is 10.4 Å². The number of hydrogen-bond donors (Lipinski definition) is 1. The highest BCUT2D eigenvalue weighted by Gasteiger charge is 2.28. The molecule has 1 nitrogen and oxygen atoms in total. The lowest BCUT2D eigenvalue weighted by Gasteiger charge is -2.31. The maximum absolute atomic E-state index is 9.63. The van der Waals surface area contributed by atoms with Crippen LogP contribution in [0.3, 0.4) is 0 Å². The minimum absolute atomic E-state index is 0.308. The molecule has 0 radical (unpaired) electrons. The molecule has 0 aromatic carbocycles. The maximum atomic E-state index is 9.63. The third-order valence-electron chi connectivity index (χ3n) is 1.85. The Labute approximate surface area is 60.1 Å². The quantitative estimate of drug-likeness (QED) is 0.592. The molecule has 0 amide bonds. The Bertz CT molecular complexity index is 76.9. The van der Waals surface area contributed by atoms with Gasteiger partial charge in [0.05, 0.1) is 5.34 Å². The lowest BCUT2D eigenvalue weighted by atomic mass is 9.96. The average Bonchev–Trinajstić information content (AvgIpc) is 1.65. The molecule has 0 aliphatic heterocycles. The topological polar surface area (TPSA) is 20.2 Å². The van der Waals surface area contributed by atoms with Crippen LogP contribution in [0.2, 0.25) is 0 Å². The Morgan fingerprint density at radius 1 is 1.11 bits per heavy atom. The molecule has 0 heterocycles. The van der Waals surface area contributed by atoms with E-state index < -0.39 is 5.34 Å². The fourth-order valence-corrected chi connectivity index (χ4v) is 0.667. The zero-order chi connectivity index (χ0) is 7.65. The van der Waals surface area contributed by atoms with Crippen molar-refractivity contribution in [3.63, 3.8) is 0 Å². The van der Waals surface area contributed by atoms with E-state index in [1.54, 1.807) is 0 Å². The van der Waals surface area contributed by atoms with Crippen molar-refractivity contribution in [3.05, 3.63) is 0 Å². The van der Waals surface area contributed by atoms with Gasteiger partial charge in [-0.3, -0.25) is 0 Å². The molecule has 0 aromatic rings. The molecule has 0 spiro atoms. The molecular weight excluding hydrogens is 131 g/mol. The first-order valence-electron chi connectivity index (χ1n) is 3.40. The molecule has 0 aliphatic carbocycles. The molecule has 1 unspecified atom stereocenters. The van der Waals surface area contributed by atoms with Gasteiger partial charge in [0.15, 0.2) is 0 Å². The van der Waals surface area contributed by atoms with E-state index in [2.05, 4.69) is 9.24 Å². The van der Waals surface area contributed by atoms with Crippen molar-refractivity contribution >= 4 is 9.24 Å². The van der Waals surface area contributed by atoms with Crippen molar-refractivity contribution in [1.29, 1.82) is 0 Å². The van der Waals surface area contributed by atoms with Gasteiger partial charge in [0.25, 0.3) is 0 Å². The van der Waals surface area contributed by atoms with Crippen molar-refractivity contribution in [1.82, 2.24) is 0 Å². The largest absolute Gasteiger partial charge is 0.385 e. The van der Waals surface area contributed by atoms with Crippen molar-refractivity contribution in [2.75, 3.05) is 0 Å². The zero-order valence-corrected chi connectivity index (χ0v) is 7.83. The fourth-order valence-electron chi connectivity index (χ4n) is 0.667. The molecule has 1 atom stereocenters. The molecule has 0 aliphatic rings. The van der Waals surface area contributed by atoms with Crippen molar-refractivity contribution in [2.24, 2.45) is 11.8 Å². The first-order chi connectivity index (χ1) is 3.89. The summed E-state index contributed by atoms with van der Waals surface area (Å²) < 4.78 is 0. The Kier molecular flexibility index (Phi) is 3.11. The lowest BCUT2D eigenvalue weighted by Crippen LogP contribution is -2.33. The minimum Gasteiger partial charge on any atom is -0.385 e. The Morgan fingerprint density at radius 2 is 1.33 bits per heavy atom. The van der Waals surface area contributed by atoms with Gasteiger partial charge in [-0.15, -0.1) is 9.24 Å². The van der Waals surface area contributed by atoms with Gasteiger partial charge >= 0.3 is 0 Å². The first-order valence-corrected chi connectivity index (χ1v) is 3.98. The van der Waals surface area contributed by atoms with E-state index >= 15 is 0 Å². The molecule has 0 aromatic heterocycles. The normalized spacial score (nSPS) is 13.3. The van der Waals surface area contributed by atoms with Gasteiger partial charge in [-0.05, 0) is 11.8 Å². The SMILES string of the molecule is CC(C)C(O)(P)C(C)C. The zero-order valence-electron chi connectivity index (χ0n) is 6.68. The highest BCUT2D eigenvalue weighted by Crippen LogP contribution is 2.32. The molecule has 0 bridgehead atoms. The summed E-state index contributed by atoms with van der Waals surface area (Å²) in [5, 5.41) is 9.05. The molecule has 0 rings (SSSR count). The number of aliphatic hydroxyl groups is 1. The van der Waals surface area contributed by atoms with Crippen LogP contribution in [0.5, 0.6) is 0 Å². The second-order valence-electron chi connectivity index (χ2n) is 3.20. The van der Waals surface area contributed by atoms with Gasteiger partial charge in [0, 0.05) is 0 Å². The molecule has 0 fully saturated rings. The predicted octanol–water partition coefficient (Wildman–Crippen LogP) is 1.86. The van der Waals surface area contributed by atoms with Gasteiger partial charge in [0.1, 0.15) is 0 Å². The van der Waals surface area contributed by atoms with Crippen LogP contribution in [0.4, 0.5) is 0 Å². The highest BCUT2D eigenvalue weighted by atomic mass is 31.0. The Morgan fingerprint density at radius 3 is 1.33 bits per heavy atom. The molecule has 0 saturated heterocycles. The van der Waals surface area contributed by atoms with Crippen LogP contribution >= 0.6 is 9.24 Å². The summed E-state index contributed by atoms with van der Waals surface area (Å²) >= 11 is 0. The van der Waals surface area contributed by atoms with E-state index in [0.717, 1.165) is 0 Å². The Balaban J connectivity index is 4.01. The summed E-state index contributed by atoms with van der Waals surface area (Å²) in [6, 6.07) is 0. The molecule has 1 N–H and O–H groups in total. The van der Waals surface area contributed by atoms with Crippen LogP contribution in [0.25, 0.3) is 0 Å². The van der Waals surface area contributed by atoms with Crippen molar-refractivity contribution < 1.29 is 5.11 Å².